The summed E-state index contributed by atoms with van der Waals surface area (Å²) in [6.45, 7) is 14.6. The predicted molar refractivity (Wildman–Crippen MR) is 91.2 cm³/mol. The van der Waals surface area contributed by atoms with E-state index < -0.39 is 28.1 Å². The number of amidine groups is 1. The highest BCUT2D eigenvalue weighted by molar-refractivity contribution is 5.97. The molecule has 8 nitrogen and oxygen atoms in total. The van der Waals surface area contributed by atoms with E-state index in [2.05, 4.69) is 16.6 Å². The van der Waals surface area contributed by atoms with Gasteiger partial charge >= 0.3 is 0 Å². The number of hydrogen-bond acceptors (Lipinski definition) is 8. The van der Waals surface area contributed by atoms with E-state index in [4.69, 9.17) is 10.5 Å². The van der Waals surface area contributed by atoms with E-state index in [1.54, 1.807) is 20.8 Å². The van der Waals surface area contributed by atoms with E-state index in [-0.39, 0.29) is 11.8 Å². The van der Waals surface area contributed by atoms with Crippen LogP contribution in [-0.4, -0.2) is 60.1 Å². The van der Waals surface area contributed by atoms with Crippen LogP contribution in [-0.2, 0) is 4.74 Å². The Labute approximate surface area is 142 Å². The maximum absolute atomic E-state index is 11.3. The van der Waals surface area contributed by atoms with E-state index in [1.807, 2.05) is 0 Å². The molecule has 2 rings (SSSR count). The summed E-state index contributed by atoms with van der Waals surface area (Å²) in [5, 5.41) is 33.1. The molecule has 2 aliphatic heterocycles. The molecule has 8 heteroatoms. The molecule has 24 heavy (non-hydrogen) atoms. The van der Waals surface area contributed by atoms with Gasteiger partial charge in [-0.2, -0.15) is 4.99 Å². The van der Waals surface area contributed by atoms with Crippen molar-refractivity contribution in [3.05, 3.63) is 12.4 Å². The Hall–Kier alpha value is -1.48. The molecule has 4 atom stereocenters. The number of nitrogens with zero attached hydrogens (tertiary/aromatic N) is 3. The molecule has 2 aliphatic rings. The Morgan fingerprint density at radius 1 is 1.12 bits per heavy atom. The monoisotopic (exact) mass is 340 g/mol. The maximum Gasteiger partial charge on any atom is 0.223 e. The number of aliphatic hydroxyl groups is 3. The minimum Gasteiger partial charge on any atom is -0.387 e. The lowest BCUT2D eigenvalue weighted by molar-refractivity contribution is -0.237. The van der Waals surface area contributed by atoms with Crippen LogP contribution in [0.5, 0.6) is 0 Å². The molecule has 0 radical (unpaired) electrons. The summed E-state index contributed by atoms with van der Waals surface area (Å²) in [4.78, 5) is 9.61. The molecule has 2 unspecified atom stereocenters. The second kappa shape index (κ2) is 4.78. The zero-order chi connectivity index (χ0) is 18.9. The van der Waals surface area contributed by atoms with Gasteiger partial charge in [0.2, 0.25) is 5.96 Å². The first-order chi connectivity index (χ1) is 10.5. The van der Waals surface area contributed by atoms with Crippen molar-refractivity contribution in [2.75, 3.05) is 0 Å². The first-order valence-electron chi connectivity index (χ1n) is 7.79. The molecular formula is C16H28N4O4. The van der Waals surface area contributed by atoms with E-state index in [0.29, 0.717) is 5.84 Å². The van der Waals surface area contributed by atoms with Crippen LogP contribution >= 0.6 is 0 Å². The summed E-state index contributed by atoms with van der Waals surface area (Å²) in [6.07, 6.45) is 0. The van der Waals surface area contributed by atoms with E-state index in [0.717, 1.165) is 0 Å². The molecule has 1 fully saturated rings. The molecule has 0 aromatic rings. The van der Waals surface area contributed by atoms with Gasteiger partial charge in [0, 0.05) is 0 Å². The molecule has 0 aromatic heterocycles. The van der Waals surface area contributed by atoms with Crippen LogP contribution in [0, 0.1) is 0 Å². The van der Waals surface area contributed by atoms with Crippen molar-refractivity contribution in [2.24, 2.45) is 15.7 Å². The van der Waals surface area contributed by atoms with E-state index in [1.165, 1.54) is 32.6 Å². The van der Waals surface area contributed by atoms with Gasteiger partial charge in [0.25, 0.3) is 0 Å². The number of hydrogen-bond donors (Lipinski definition) is 4. The first kappa shape index (κ1) is 18.9. The highest BCUT2D eigenvalue weighted by Gasteiger charge is 2.77. The second-order valence-corrected chi connectivity index (χ2v) is 7.70. The third kappa shape index (κ3) is 2.00. The molecule has 0 saturated carbocycles. The van der Waals surface area contributed by atoms with Gasteiger partial charge in [0.05, 0.1) is 5.60 Å². The van der Waals surface area contributed by atoms with Crippen LogP contribution in [0.1, 0.15) is 48.5 Å². The molecule has 0 amide bonds. The largest absolute Gasteiger partial charge is 0.387 e. The Morgan fingerprint density at radius 3 is 2.00 bits per heavy atom. The molecule has 136 valence electrons. The summed E-state index contributed by atoms with van der Waals surface area (Å²) in [5.41, 5.74) is -2.42. The predicted octanol–water partition coefficient (Wildman–Crippen LogP) is 0.284. The fourth-order valence-corrected chi connectivity index (χ4v) is 3.66. The average Bonchev–Trinajstić information content (AvgIpc) is 2.44. The molecule has 0 aliphatic carbocycles. The lowest BCUT2D eigenvalue weighted by Gasteiger charge is -2.48. The quantitative estimate of drug-likeness (QED) is 0.572. The lowest BCUT2D eigenvalue weighted by atomic mass is 9.67. The maximum atomic E-state index is 11.3. The Morgan fingerprint density at radius 2 is 1.62 bits per heavy atom. The SMILES string of the molecule is C=C1N=C(N)N=C(C)N1[C@]1(C)O[C@](C)(C(C)(C)O)C(C)(O)C1(C)O. The van der Waals surface area contributed by atoms with Crippen LogP contribution in [0.15, 0.2) is 22.4 Å². The van der Waals surface area contributed by atoms with Gasteiger partial charge in [-0.05, 0) is 48.5 Å². The normalized spacial score (nSPS) is 43.8. The zero-order valence-corrected chi connectivity index (χ0v) is 15.4. The van der Waals surface area contributed by atoms with E-state index >= 15 is 0 Å². The van der Waals surface area contributed by atoms with Crippen LogP contribution in [0.2, 0.25) is 0 Å². The van der Waals surface area contributed by atoms with Crippen molar-refractivity contribution in [2.45, 2.75) is 76.6 Å². The highest BCUT2D eigenvalue weighted by atomic mass is 16.6. The molecule has 0 bridgehead atoms. The molecule has 5 N–H and O–H groups in total. The molecular weight excluding hydrogens is 312 g/mol. The summed E-state index contributed by atoms with van der Waals surface area (Å²) < 4.78 is 6.17. The van der Waals surface area contributed by atoms with Gasteiger partial charge in [-0.3, -0.25) is 4.90 Å². The van der Waals surface area contributed by atoms with Crippen LogP contribution < -0.4 is 5.73 Å². The Kier molecular flexibility index (Phi) is 3.76. The first-order valence-corrected chi connectivity index (χ1v) is 7.79. The summed E-state index contributed by atoms with van der Waals surface area (Å²) in [6, 6.07) is 0. The van der Waals surface area contributed by atoms with Crippen molar-refractivity contribution in [3.8, 4) is 0 Å². The minimum atomic E-state index is -1.81. The minimum absolute atomic E-state index is 0.0481. The summed E-state index contributed by atoms with van der Waals surface area (Å²) in [5.74, 6) is 0.677. The molecule has 1 saturated heterocycles. The topological polar surface area (TPSA) is 124 Å². The van der Waals surface area contributed by atoms with Crippen molar-refractivity contribution >= 4 is 11.8 Å². The number of nitrogens with two attached hydrogens (primary N) is 1. The van der Waals surface area contributed by atoms with Gasteiger partial charge in [-0.1, -0.05) is 6.58 Å². The van der Waals surface area contributed by atoms with Crippen molar-refractivity contribution in [3.63, 3.8) is 0 Å². The van der Waals surface area contributed by atoms with Crippen molar-refractivity contribution in [1.82, 2.24) is 4.90 Å². The average molecular weight is 340 g/mol. The summed E-state index contributed by atoms with van der Waals surface area (Å²) in [7, 11) is 0. The van der Waals surface area contributed by atoms with Crippen LogP contribution in [0.4, 0.5) is 0 Å². The Balaban J connectivity index is 2.67. The van der Waals surface area contributed by atoms with Crippen molar-refractivity contribution < 1.29 is 20.1 Å². The van der Waals surface area contributed by atoms with Crippen LogP contribution in [0.25, 0.3) is 0 Å². The smallest absolute Gasteiger partial charge is 0.223 e. The third-order valence-corrected chi connectivity index (χ3v) is 5.88. The fourth-order valence-electron chi connectivity index (χ4n) is 3.66. The summed E-state index contributed by atoms with van der Waals surface area (Å²) >= 11 is 0. The van der Waals surface area contributed by atoms with Crippen molar-refractivity contribution in [1.29, 1.82) is 0 Å². The van der Waals surface area contributed by atoms with Gasteiger partial charge < -0.3 is 25.8 Å². The Bertz CT molecular complexity index is 647. The van der Waals surface area contributed by atoms with Gasteiger partial charge in [0.15, 0.2) is 5.72 Å². The standard InChI is InChI=1S/C16H28N4O4/c1-9-18-11(17)19-10(2)20(9)16(8)14(6,23)13(5,22)15(7,24-16)12(3,4)21/h21-23H,1H2,2-8H3,(H2,17,18)/t13?,14?,15-,16-/m1/s1. The van der Waals surface area contributed by atoms with E-state index in [9.17, 15) is 15.3 Å². The molecule has 2 heterocycles. The third-order valence-electron chi connectivity index (χ3n) is 5.88. The lowest BCUT2D eigenvalue weighted by Crippen LogP contribution is -2.69. The highest BCUT2D eigenvalue weighted by Crippen LogP contribution is 2.57. The molecule has 0 aromatic carbocycles. The van der Waals surface area contributed by atoms with Gasteiger partial charge in [-0.25, -0.2) is 4.99 Å². The van der Waals surface area contributed by atoms with Crippen LogP contribution in [0.3, 0.4) is 0 Å². The number of rotatable bonds is 2. The van der Waals surface area contributed by atoms with Gasteiger partial charge in [0.1, 0.15) is 28.5 Å². The number of ether oxygens (including phenoxy) is 1. The fraction of sp³-hybridized carbons (Fsp3) is 0.750. The number of aliphatic imine (C=N–C) groups is 2. The van der Waals surface area contributed by atoms with Gasteiger partial charge in [-0.15, -0.1) is 0 Å². The molecule has 0 spiro atoms. The second-order valence-electron chi connectivity index (χ2n) is 7.70. The zero-order valence-electron chi connectivity index (χ0n) is 15.4. The number of guanidine groups is 1.